The van der Waals surface area contributed by atoms with E-state index in [1.807, 2.05) is 0 Å². The maximum Gasteiger partial charge on any atom is 0.246 e. The van der Waals surface area contributed by atoms with Crippen molar-refractivity contribution in [3.8, 4) is 0 Å². The van der Waals surface area contributed by atoms with Crippen LogP contribution in [0, 0.1) is 0 Å². The van der Waals surface area contributed by atoms with Gasteiger partial charge in [-0.3, -0.25) is 14.3 Å². The van der Waals surface area contributed by atoms with Gasteiger partial charge in [-0.2, -0.15) is 5.10 Å². The first kappa shape index (κ1) is 16.8. The monoisotopic (exact) mass is 357 g/mol. The number of hydrogen-bond donors (Lipinski definition) is 1. The fraction of sp³-hybridized carbons (Fsp3) is 0.118. The summed E-state index contributed by atoms with van der Waals surface area (Å²) in [7, 11) is -3.36. The van der Waals surface area contributed by atoms with Crippen LogP contribution in [0.15, 0.2) is 64.4 Å². The zero-order valence-electron chi connectivity index (χ0n) is 13.3. The summed E-state index contributed by atoms with van der Waals surface area (Å²) in [5, 5.41) is 7.11. The number of hydrogen-bond acceptors (Lipinski definition) is 5. The number of rotatable bonds is 4. The van der Waals surface area contributed by atoms with Gasteiger partial charge >= 0.3 is 0 Å². The zero-order valence-corrected chi connectivity index (χ0v) is 14.2. The van der Waals surface area contributed by atoms with Crippen molar-refractivity contribution in [1.29, 1.82) is 0 Å². The highest BCUT2D eigenvalue weighted by Crippen LogP contribution is 2.15. The van der Waals surface area contributed by atoms with Crippen molar-refractivity contribution in [3.05, 3.63) is 65.0 Å². The fourth-order valence-corrected chi connectivity index (χ4v) is 3.09. The van der Waals surface area contributed by atoms with Gasteiger partial charge < -0.3 is 5.32 Å². The Kier molecular flexibility index (Phi) is 4.37. The second-order valence-electron chi connectivity index (χ2n) is 5.53. The van der Waals surface area contributed by atoms with Crippen LogP contribution < -0.4 is 10.7 Å². The number of nitrogens with one attached hydrogen (secondary N) is 1. The first-order chi connectivity index (χ1) is 11.8. The highest BCUT2D eigenvalue weighted by Gasteiger charge is 2.11. The number of aromatic nitrogens is 2. The fourth-order valence-electron chi connectivity index (χ4n) is 2.43. The van der Waals surface area contributed by atoms with Crippen LogP contribution in [0.1, 0.15) is 0 Å². The Bertz CT molecular complexity index is 1120. The van der Waals surface area contributed by atoms with E-state index < -0.39 is 9.84 Å². The second kappa shape index (κ2) is 6.48. The Hall–Kier alpha value is -3.00. The summed E-state index contributed by atoms with van der Waals surface area (Å²) in [6, 6.07) is 12.9. The van der Waals surface area contributed by atoms with E-state index in [-0.39, 0.29) is 22.8 Å². The molecule has 8 heteroatoms. The number of benzene rings is 2. The minimum atomic E-state index is -3.36. The van der Waals surface area contributed by atoms with Crippen molar-refractivity contribution in [2.75, 3.05) is 11.6 Å². The van der Waals surface area contributed by atoms with E-state index >= 15 is 0 Å². The van der Waals surface area contributed by atoms with E-state index in [0.717, 1.165) is 6.26 Å². The van der Waals surface area contributed by atoms with Gasteiger partial charge in [0.1, 0.15) is 6.54 Å². The first-order valence-corrected chi connectivity index (χ1v) is 9.28. The van der Waals surface area contributed by atoms with Gasteiger partial charge in [0.25, 0.3) is 0 Å². The molecule has 0 aliphatic rings. The third-order valence-corrected chi connectivity index (χ3v) is 4.71. The Morgan fingerprint density at radius 3 is 2.68 bits per heavy atom. The summed E-state index contributed by atoms with van der Waals surface area (Å²) in [5.41, 5.74) is 0.710. The predicted octanol–water partition coefficient (Wildman–Crippen LogP) is 1.44. The van der Waals surface area contributed by atoms with E-state index in [9.17, 15) is 18.0 Å². The van der Waals surface area contributed by atoms with Crippen LogP contribution in [-0.2, 0) is 21.2 Å². The molecule has 1 aromatic heterocycles. The van der Waals surface area contributed by atoms with Crippen molar-refractivity contribution in [2.45, 2.75) is 11.4 Å². The van der Waals surface area contributed by atoms with Crippen LogP contribution in [0.3, 0.4) is 0 Å². The van der Waals surface area contributed by atoms with Crippen molar-refractivity contribution in [2.24, 2.45) is 0 Å². The van der Waals surface area contributed by atoms with Gasteiger partial charge in [-0.05, 0) is 30.3 Å². The maximum atomic E-state index is 12.3. The Labute approximate surface area is 143 Å². The molecule has 0 saturated carbocycles. The average Bonchev–Trinajstić information content (AvgIpc) is 2.57. The van der Waals surface area contributed by atoms with Crippen LogP contribution in [0.2, 0.25) is 0 Å². The van der Waals surface area contributed by atoms with E-state index in [2.05, 4.69) is 10.4 Å². The molecule has 0 bridgehead atoms. The predicted molar refractivity (Wildman–Crippen MR) is 94.2 cm³/mol. The smallest absolute Gasteiger partial charge is 0.246 e. The molecule has 0 aliphatic heterocycles. The lowest BCUT2D eigenvalue weighted by atomic mass is 10.2. The minimum absolute atomic E-state index is 0.107. The average molecular weight is 357 g/mol. The van der Waals surface area contributed by atoms with Gasteiger partial charge in [0.15, 0.2) is 9.84 Å². The molecular weight excluding hydrogens is 342 g/mol. The lowest BCUT2D eigenvalue weighted by Gasteiger charge is -2.10. The summed E-state index contributed by atoms with van der Waals surface area (Å²) in [6.45, 7) is -0.107. The quantitative estimate of drug-likeness (QED) is 0.762. The highest BCUT2D eigenvalue weighted by molar-refractivity contribution is 7.90. The van der Waals surface area contributed by atoms with Crippen LogP contribution in [-0.4, -0.2) is 30.4 Å². The van der Waals surface area contributed by atoms with Crippen LogP contribution >= 0.6 is 0 Å². The Balaban J connectivity index is 1.85. The van der Waals surface area contributed by atoms with Crippen molar-refractivity contribution < 1.29 is 13.2 Å². The number of nitrogens with zero attached hydrogens (tertiary/aromatic N) is 2. The zero-order chi connectivity index (χ0) is 18.0. The van der Waals surface area contributed by atoms with Crippen LogP contribution in [0.25, 0.3) is 10.9 Å². The van der Waals surface area contributed by atoms with Gasteiger partial charge in [0, 0.05) is 17.3 Å². The number of fused-ring (bicyclic) bond motifs is 1. The molecule has 2 aromatic carbocycles. The van der Waals surface area contributed by atoms with Gasteiger partial charge in [0.05, 0.1) is 16.6 Å². The van der Waals surface area contributed by atoms with E-state index in [1.165, 1.54) is 23.0 Å². The Morgan fingerprint density at radius 2 is 1.92 bits per heavy atom. The molecule has 3 rings (SSSR count). The lowest BCUT2D eigenvalue weighted by Crippen LogP contribution is -2.22. The summed E-state index contributed by atoms with van der Waals surface area (Å²) < 4.78 is 24.6. The SMILES string of the molecule is CS(=O)(=O)c1cccc(NC(=O)Cn2ncc(=O)c3ccccc32)c1. The summed E-state index contributed by atoms with van der Waals surface area (Å²) >= 11 is 0. The topological polar surface area (TPSA) is 98.1 Å². The standard InChI is InChI=1S/C17H15N3O4S/c1-25(23,24)13-6-4-5-12(9-13)19-17(22)11-20-15-8-3-2-7-14(15)16(21)10-18-20/h2-10H,11H2,1H3,(H,19,22). The number of carbonyl (C=O) groups is 1. The number of carbonyl (C=O) groups excluding carboxylic acids is 1. The molecule has 25 heavy (non-hydrogen) atoms. The summed E-state index contributed by atoms with van der Waals surface area (Å²) in [6.07, 6.45) is 2.27. The number of amides is 1. The molecule has 3 aromatic rings. The molecule has 128 valence electrons. The second-order valence-corrected chi connectivity index (χ2v) is 7.55. The number of para-hydroxylation sites is 1. The molecule has 0 aliphatic carbocycles. The number of anilines is 1. The molecule has 1 heterocycles. The first-order valence-electron chi connectivity index (χ1n) is 7.39. The van der Waals surface area contributed by atoms with Crippen molar-refractivity contribution in [3.63, 3.8) is 0 Å². The lowest BCUT2D eigenvalue weighted by molar-refractivity contribution is -0.116. The highest BCUT2D eigenvalue weighted by atomic mass is 32.2. The molecule has 0 fully saturated rings. The van der Waals surface area contributed by atoms with Crippen molar-refractivity contribution in [1.82, 2.24) is 9.78 Å². The third kappa shape index (κ3) is 3.74. The Morgan fingerprint density at radius 1 is 1.16 bits per heavy atom. The largest absolute Gasteiger partial charge is 0.324 e. The van der Waals surface area contributed by atoms with E-state index in [1.54, 1.807) is 36.4 Å². The van der Waals surface area contributed by atoms with Gasteiger partial charge in [0.2, 0.25) is 11.3 Å². The summed E-state index contributed by atoms with van der Waals surface area (Å²) in [5.74, 6) is -0.382. The minimum Gasteiger partial charge on any atom is -0.324 e. The van der Waals surface area contributed by atoms with Gasteiger partial charge in [-0.15, -0.1) is 0 Å². The van der Waals surface area contributed by atoms with E-state index in [4.69, 9.17) is 0 Å². The number of sulfone groups is 1. The van der Waals surface area contributed by atoms with E-state index in [0.29, 0.717) is 16.6 Å². The molecule has 0 saturated heterocycles. The molecule has 7 nitrogen and oxygen atoms in total. The maximum absolute atomic E-state index is 12.3. The molecular formula is C17H15N3O4S. The molecule has 0 atom stereocenters. The molecule has 1 N–H and O–H groups in total. The normalized spacial score (nSPS) is 11.4. The van der Waals surface area contributed by atoms with Crippen LogP contribution in [0.4, 0.5) is 5.69 Å². The van der Waals surface area contributed by atoms with Crippen molar-refractivity contribution >= 4 is 32.3 Å². The van der Waals surface area contributed by atoms with Gasteiger partial charge in [-0.1, -0.05) is 18.2 Å². The molecule has 0 unspecified atom stereocenters. The van der Waals surface area contributed by atoms with Gasteiger partial charge in [-0.25, -0.2) is 8.42 Å². The third-order valence-electron chi connectivity index (χ3n) is 3.60. The van der Waals surface area contributed by atoms with Crippen LogP contribution in [0.5, 0.6) is 0 Å². The molecule has 0 spiro atoms. The summed E-state index contributed by atoms with van der Waals surface area (Å²) in [4.78, 5) is 24.2. The molecule has 1 amide bonds. The molecule has 0 radical (unpaired) electrons.